The van der Waals surface area contributed by atoms with Crippen molar-refractivity contribution in [2.45, 2.75) is 33.1 Å². The van der Waals surface area contributed by atoms with Crippen molar-refractivity contribution in [1.29, 1.82) is 5.26 Å². The Balaban J connectivity index is 2.96. The van der Waals surface area contributed by atoms with Crippen LogP contribution in [0.4, 0.5) is 0 Å². The molecular formula is C10H13NO2. The van der Waals surface area contributed by atoms with Crippen molar-refractivity contribution in [3.8, 4) is 6.07 Å². The molecule has 3 nitrogen and oxygen atoms in total. The molecule has 0 unspecified atom stereocenters. The monoisotopic (exact) mass is 179 g/mol. The van der Waals surface area contributed by atoms with Gasteiger partial charge in [-0.3, -0.25) is 0 Å². The van der Waals surface area contributed by atoms with E-state index in [2.05, 4.69) is 13.8 Å². The van der Waals surface area contributed by atoms with Gasteiger partial charge in [-0.25, -0.2) is 4.79 Å². The average molecular weight is 179 g/mol. The molecule has 0 atom stereocenters. The SMILES string of the molecule is CC1(C)CCC(=C(C#N)C(=O)O)C1. The first kappa shape index (κ1) is 9.79. The Morgan fingerprint density at radius 3 is 2.54 bits per heavy atom. The molecule has 0 aromatic carbocycles. The van der Waals surface area contributed by atoms with E-state index in [1.807, 2.05) is 0 Å². The van der Waals surface area contributed by atoms with Crippen LogP contribution in [0.1, 0.15) is 33.1 Å². The normalized spacial score (nSPS) is 23.8. The van der Waals surface area contributed by atoms with Crippen LogP contribution in [-0.2, 0) is 4.79 Å². The van der Waals surface area contributed by atoms with Crippen LogP contribution in [0.2, 0.25) is 0 Å². The van der Waals surface area contributed by atoms with Gasteiger partial charge in [0.05, 0.1) is 0 Å². The van der Waals surface area contributed by atoms with Gasteiger partial charge in [0.25, 0.3) is 0 Å². The summed E-state index contributed by atoms with van der Waals surface area (Å²) in [5, 5.41) is 17.4. The molecule has 0 aromatic rings. The lowest BCUT2D eigenvalue weighted by atomic mass is 9.91. The topological polar surface area (TPSA) is 61.1 Å². The van der Waals surface area contributed by atoms with Gasteiger partial charge >= 0.3 is 5.97 Å². The van der Waals surface area contributed by atoms with E-state index < -0.39 is 5.97 Å². The zero-order chi connectivity index (χ0) is 10.1. The maximum absolute atomic E-state index is 10.6. The third kappa shape index (κ3) is 2.09. The molecule has 13 heavy (non-hydrogen) atoms. The minimum atomic E-state index is -1.09. The quantitative estimate of drug-likeness (QED) is 0.495. The van der Waals surface area contributed by atoms with Gasteiger partial charge in [-0.2, -0.15) is 5.26 Å². The van der Waals surface area contributed by atoms with Gasteiger partial charge in [0, 0.05) is 0 Å². The van der Waals surface area contributed by atoms with Crippen molar-refractivity contribution < 1.29 is 9.90 Å². The largest absolute Gasteiger partial charge is 0.477 e. The van der Waals surface area contributed by atoms with Crippen molar-refractivity contribution >= 4 is 5.97 Å². The van der Waals surface area contributed by atoms with Crippen LogP contribution < -0.4 is 0 Å². The molecule has 1 saturated carbocycles. The van der Waals surface area contributed by atoms with Crippen molar-refractivity contribution in [3.05, 3.63) is 11.1 Å². The maximum Gasteiger partial charge on any atom is 0.346 e. The second kappa shape index (κ2) is 3.21. The number of rotatable bonds is 1. The van der Waals surface area contributed by atoms with Crippen LogP contribution >= 0.6 is 0 Å². The highest BCUT2D eigenvalue weighted by Gasteiger charge is 2.30. The predicted octanol–water partition coefficient (Wildman–Crippen LogP) is 2.10. The number of hydrogen-bond donors (Lipinski definition) is 1. The number of nitriles is 1. The summed E-state index contributed by atoms with van der Waals surface area (Å²) in [6.07, 6.45) is 2.46. The van der Waals surface area contributed by atoms with Gasteiger partial charge in [0.2, 0.25) is 0 Å². The Kier molecular flexibility index (Phi) is 2.42. The van der Waals surface area contributed by atoms with Crippen LogP contribution in [0.25, 0.3) is 0 Å². The molecule has 0 amide bonds. The van der Waals surface area contributed by atoms with Crippen LogP contribution in [-0.4, -0.2) is 11.1 Å². The van der Waals surface area contributed by atoms with E-state index in [9.17, 15) is 4.79 Å². The van der Waals surface area contributed by atoms with Gasteiger partial charge < -0.3 is 5.11 Å². The fourth-order valence-corrected chi connectivity index (χ4v) is 1.74. The number of carboxylic acid groups (broad SMARTS) is 1. The molecule has 0 bridgehead atoms. The zero-order valence-electron chi connectivity index (χ0n) is 7.92. The van der Waals surface area contributed by atoms with Gasteiger partial charge in [-0.05, 0) is 30.3 Å². The van der Waals surface area contributed by atoms with Gasteiger partial charge in [0.1, 0.15) is 11.6 Å². The van der Waals surface area contributed by atoms with Crippen molar-refractivity contribution in [2.24, 2.45) is 5.41 Å². The second-order valence-corrected chi connectivity index (χ2v) is 4.24. The summed E-state index contributed by atoms with van der Waals surface area (Å²) in [7, 11) is 0. The highest BCUT2D eigenvalue weighted by Crippen LogP contribution is 2.41. The Labute approximate surface area is 77.7 Å². The lowest BCUT2D eigenvalue weighted by Crippen LogP contribution is -2.05. The fraction of sp³-hybridized carbons (Fsp3) is 0.600. The molecular weight excluding hydrogens is 166 g/mol. The smallest absolute Gasteiger partial charge is 0.346 e. The van der Waals surface area contributed by atoms with E-state index in [0.717, 1.165) is 24.8 Å². The highest BCUT2D eigenvalue weighted by atomic mass is 16.4. The number of nitrogens with zero attached hydrogens (tertiary/aromatic N) is 1. The van der Waals surface area contributed by atoms with Crippen molar-refractivity contribution in [3.63, 3.8) is 0 Å². The number of carbonyl (C=O) groups is 1. The van der Waals surface area contributed by atoms with Crippen molar-refractivity contribution in [1.82, 2.24) is 0 Å². The van der Waals surface area contributed by atoms with Gasteiger partial charge in [-0.1, -0.05) is 13.8 Å². The molecule has 3 heteroatoms. The summed E-state index contributed by atoms with van der Waals surface area (Å²) in [5.41, 5.74) is 0.915. The summed E-state index contributed by atoms with van der Waals surface area (Å²) in [6.45, 7) is 4.19. The fourth-order valence-electron chi connectivity index (χ4n) is 1.74. The van der Waals surface area contributed by atoms with Crippen LogP contribution in [0.3, 0.4) is 0 Å². The van der Waals surface area contributed by atoms with Crippen LogP contribution in [0.15, 0.2) is 11.1 Å². The van der Waals surface area contributed by atoms with Gasteiger partial charge in [-0.15, -0.1) is 0 Å². The highest BCUT2D eigenvalue weighted by molar-refractivity contribution is 5.92. The molecule has 0 radical (unpaired) electrons. The summed E-state index contributed by atoms with van der Waals surface area (Å²) < 4.78 is 0. The van der Waals surface area contributed by atoms with Crippen LogP contribution in [0, 0.1) is 16.7 Å². The second-order valence-electron chi connectivity index (χ2n) is 4.24. The third-order valence-corrected chi connectivity index (χ3v) is 2.47. The maximum atomic E-state index is 10.6. The summed E-state index contributed by atoms with van der Waals surface area (Å²) in [6, 6.07) is 1.76. The minimum Gasteiger partial charge on any atom is -0.477 e. The average Bonchev–Trinajstić information content (AvgIpc) is 2.31. The van der Waals surface area contributed by atoms with Crippen molar-refractivity contribution in [2.75, 3.05) is 0 Å². The Morgan fingerprint density at radius 1 is 1.62 bits per heavy atom. The Morgan fingerprint density at radius 2 is 2.23 bits per heavy atom. The molecule has 1 aliphatic rings. The number of hydrogen-bond acceptors (Lipinski definition) is 2. The molecule has 0 aromatic heterocycles. The lowest BCUT2D eigenvalue weighted by Gasteiger charge is -2.14. The Hall–Kier alpha value is -1.30. The molecule has 0 saturated heterocycles. The van der Waals surface area contributed by atoms with Crippen LogP contribution in [0.5, 0.6) is 0 Å². The molecule has 1 aliphatic carbocycles. The standard InChI is InChI=1S/C10H13NO2/c1-10(2)4-3-7(5-10)8(6-11)9(12)13/h3-5H2,1-2H3,(H,12,13). The lowest BCUT2D eigenvalue weighted by molar-refractivity contribution is -0.132. The first-order chi connectivity index (χ1) is 5.96. The third-order valence-electron chi connectivity index (χ3n) is 2.47. The van der Waals surface area contributed by atoms with E-state index in [-0.39, 0.29) is 11.0 Å². The number of carboxylic acids is 1. The number of allylic oxidation sites excluding steroid dienone is 1. The van der Waals surface area contributed by atoms with E-state index in [1.54, 1.807) is 6.07 Å². The predicted molar refractivity (Wildman–Crippen MR) is 47.9 cm³/mol. The molecule has 0 aliphatic heterocycles. The minimum absolute atomic E-state index is 0.0504. The van der Waals surface area contributed by atoms with E-state index in [4.69, 9.17) is 10.4 Å². The Bertz CT molecular complexity index is 307. The van der Waals surface area contributed by atoms with E-state index in [0.29, 0.717) is 0 Å². The molecule has 70 valence electrons. The number of aliphatic carboxylic acids is 1. The summed E-state index contributed by atoms with van der Waals surface area (Å²) in [4.78, 5) is 10.6. The summed E-state index contributed by atoms with van der Waals surface area (Å²) in [5.74, 6) is -1.09. The van der Waals surface area contributed by atoms with E-state index in [1.165, 1.54) is 0 Å². The van der Waals surface area contributed by atoms with E-state index >= 15 is 0 Å². The summed E-state index contributed by atoms with van der Waals surface area (Å²) >= 11 is 0. The molecule has 1 N–H and O–H groups in total. The first-order valence-electron chi connectivity index (χ1n) is 4.32. The van der Waals surface area contributed by atoms with Gasteiger partial charge in [0.15, 0.2) is 0 Å². The molecule has 1 rings (SSSR count). The molecule has 1 fully saturated rings. The molecule has 0 spiro atoms. The first-order valence-corrected chi connectivity index (χ1v) is 4.32. The molecule has 0 heterocycles. The zero-order valence-corrected chi connectivity index (χ0v) is 7.92.